The Balaban J connectivity index is 3.19. The maximum Gasteiger partial charge on any atom is 0.313 e. The molecule has 0 aromatic carbocycles. The van der Waals surface area contributed by atoms with E-state index in [9.17, 15) is 9.59 Å². The summed E-state index contributed by atoms with van der Waals surface area (Å²) < 4.78 is 0. The number of carboxylic acids is 1. The Labute approximate surface area is 92.2 Å². The molecule has 0 saturated carbocycles. The summed E-state index contributed by atoms with van der Waals surface area (Å²) in [6.07, 6.45) is 2.49. The number of hydrogen-bond donors (Lipinski definition) is 2. The third kappa shape index (κ3) is 9.73. The maximum absolute atomic E-state index is 11.0. The van der Waals surface area contributed by atoms with E-state index in [0.717, 1.165) is 5.75 Å². The van der Waals surface area contributed by atoms with Crippen LogP contribution in [0.25, 0.3) is 0 Å². The van der Waals surface area contributed by atoms with Crippen molar-refractivity contribution >= 4 is 35.4 Å². The predicted octanol–water partition coefficient (Wildman–Crippen LogP) is 0.673. The average Bonchev–Trinajstić information content (AvgIpc) is 2.13. The van der Waals surface area contributed by atoms with Crippen molar-refractivity contribution in [3.63, 3.8) is 0 Å². The molecule has 1 amide bonds. The number of hydrogen-bond acceptors (Lipinski definition) is 4. The predicted molar refractivity (Wildman–Crippen MR) is 61.0 cm³/mol. The fourth-order valence-electron chi connectivity index (χ4n) is 0.705. The minimum Gasteiger partial charge on any atom is -0.481 e. The Bertz CT molecular complexity index is 187. The summed E-state index contributed by atoms with van der Waals surface area (Å²) in [5.41, 5.74) is 0. The SMILES string of the molecule is CSCCC(=O)NCCSCC(=O)O. The van der Waals surface area contributed by atoms with Crippen LogP contribution in [0.15, 0.2) is 0 Å². The van der Waals surface area contributed by atoms with Gasteiger partial charge < -0.3 is 10.4 Å². The number of aliphatic carboxylic acids is 1. The quantitative estimate of drug-likeness (QED) is 0.608. The maximum atomic E-state index is 11.0. The highest BCUT2D eigenvalue weighted by Gasteiger charge is 2.00. The molecule has 82 valence electrons. The number of carboxylic acid groups (broad SMARTS) is 1. The Morgan fingerprint density at radius 2 is 2.07 bits per heavy atom. The first-order chi connectivity index (χ1) is 6.66. The lowest BCUT2D eigenvalue weighted by molar-refractivity contribution is -0.133. The van der Waals surface area contributed by atoms with Crippen LogP contribution in [0, 0.1) is 0 Å². The number of carbonyl (C=O) groups is 2. The van der Waals surface area contributed by atoms with Gasteiger partial charge in [-0.3, -0.25) is 9.59 Å². The highest BCUT2D eigenvalue weighted by Crippen LogP contribution is 1.98. The second kappa shape index (κ2) is 9.21. The third-order valence-electron chi connectivity index (χ3n) is 1.33. The van der Waals surface area contributed by atoms with Gasteiger partial charge in [-0.25, -0.2) is 0 Å². The van der Waals surface area contributed by atoms with Crippen LogP contribution < -0.4 is 5.32 Å². The van der Waals surface area contributed by atoms with E-state index in [-0.39, 0.29) is 11.7 Å². The number of amides is 1. The fraction of sp³-hybridized carbons (Fsp3) is 0.750. The van der Waals surface area contributed by atoms with Gasteiger partial charge in [0.15, 0.2) is 0 Å². The van der Waals surface area contributed by atoms with E-state index in [1.165, 1.54) is 11.8 Å². The summed E-state index contributed by atoms with van der Waals surface area (Å²) in [7, 11) is 0. The van der Waals surface area contributed by atoms with Crippen LogP contribution in [0.4, 0.5) is 0 Å². The lowest BCUT2D eigenvalue weighted by Gasteiger charge is -2.03. The topological polar surface area (TPSA) is 66.4 Å². The lowest BCUT2D eigenvalue weighted by atomic mass is 10.4. The monoisotopic (exact) mass is 237 g/mol. The van der Waals surface area contributed by atoms with Crippen molar-refractivity contribution in [1.29, 1.82) is 0 Å². The zero-order valence-electron chi connectivity index (χ0n) is 8.12. The molecule has 2 N–H and O–H groups in total. The molecule has 4 nitrogen and oxygen atoms in total. The van der Waals surface area contributed by atoms with E-state index in [2.05, 4.69) is 5.32 Å². The van der Waals surface area contributed by atoms with Crippen molar-refractivity contribution in [3.05, 3.63) is 0 Å². The standard InChI is InChI=1S/C8H15NO3S2/c1-13-4-2-7(10)9-3-5-14-6-8(11)12/h2-6H2,1H3,(H,9,10)(H,11,12). The van der Waals surface area contributed by atoms with Crippen LogP contribution in [-0.2, 0) is 9.59 Å². The number of nitrogens with one attached hydrogen (secondary N) is 1. The summed E-state index contributed by atoms with van der Waals surface area (Å²) in [6.45, 7) is 0.547. The molecule has 0 unspecified atom stereocenters. The summed E-state index contributed by atoms with van der Waals surface area (Å²) in [4.78, 5) is 21.2. The van der Waals surface area contributed by atoms with Gasteiger partial charge in [-0.2, -0.15) is 11.8 Å². The molecule has 0 aliphatic heterocycles. The molecule has 0 bridgehead atoms. The molecule has 0 radical (unpaired) electrons. The molecule has 0 aliphatic rings. The fourth-order valence-corrected chi connectivity index (χ4v) is 1.66. The molecule has 14 heavy (non-hydrogen) atoms. The smallest absolute Gasteiger partial charge is 0.313 e. The average molecular weight is 237 g/mol. The molecular formula is C8H15NO3S2. The highest BCUT2D eigenvalue weighted by atomic mass is 32.2. The third-order valence-corrected chi connectivity index (χ3v) is 2.88. The Hall–Kier alpha value is -0.360. The Morgan fingerprint density at radius 1 is 1.36 bits per heavy atom. The van der Waals surface area contributed by atoms with E-state index >= 15 is 0 Å². The normalized spacial score (nSPS) is 9.79. The number of thioether (sulfide) groups is 2. The van der Waals surface area contributed by atoms with Crippen LogP contribution >= 0.6 is 23.5 Å². The molecular weight excluding hydrogens is 222 g/mol. The molecule has 0 aromatic heterocycles. The minimum absolute atomic E-state index is 0.0373. The zero-order chi connectivity index (χ0) is 10.8. The number of rotatable bonds is 8. The van der Waals surface area contributed by atoms with Gasteiger partial charge in [-0.15, -0.1) is 11.8 Å². The second-order valence-corrected chi connectivity index (χ2v) is 4.63. The molecule has 6 heteroatoms. The van der Waals surface area contributed by atoms with Crippen LogP contribution in [0.1, 0.15) is 6.42 Å². The Morgan fingerprint density at radius 3 is 2.64 bits per heavy atom. The molecule has 0 fully saturated rings. The molecule has 0 rings (SSSR count). The van der Waals surface area contributed by atoms with Crippen LogP contribution in [-0.4, -0.2) is 47.0 Å². The Kier molecular flexibility index (Phi) is 8.97. The second-order valence-electron chi connectivity index (χ2n) is 2.54. The van der Waals surface area contributed by atoms with Gasteiger partial charge in [0.1, 0.15) is 0 Å². The molecule has 0 heterocycles. The van der Waals surface area contributed by atoms with Gasteiger partial charge >= 0.3 is 5.97 Å². The van der Waals surface area contributed by atoms with Crippen molar-refractivity contribution in [3.8, 4) is 0 Å². The van der Waals surface area contributed by atoms with E-state index in [4.69, 9.17) is 5.11 Å². The first-order valence-electron chi connectivity index (χ1n) is 4.22. The summed E-state index contributed by atoms with van der Waals surface area (Å²) in [5, 5.41) is 11.1. The van der Waals surface area contributed by atoms with Gasteiger partial charge in [0.25, 0.3) is 0 Å². The summed E-state index contributed by atoms with van der Waals surface area (Å²) in [5.74, 6) is 0.797. The van der Waals surface area contributed by atoms with Gasteiger partial charge in [-0.05, 0) is 6.26 Å². The molecule has 0 aromatic rings. The van der Waals surface area contributed by atoms with Gasteiger partial charge in [0, 0.05) is 24.5 Å². The molecule has 0 saturated heterocycles. The zero-order valence-corrected chi connectivity index (χ0v) is 9.75. The highest BCUT2D eigenvalue weighted by molar-refractivity contribution is 7.99. The summed E-state index contributed by atoms with van der Waals surface area (Å²) >= 11 is 2.94. The van der Waals surface area contributed by atoms with Crippen molar-refractivity contribution < 1.29 is 14.7 Å². The molecule has 0 spiro atoms. The van der Waals surface area contributed by atoms with Crippen molar-refractivity contribution in [2.24, 2.45) is 0 Å². The van der Waals surface area contributed by atoms with Crippen molar-refractivity contribution in [2.45, 2.75) is 6.42 Å². The van der Waals surface area contributed by atoms with E-state index in [1.807, 2.05) is 6.26 Å². The van der Waals surface area contributed by atoms with Crippen LogP contribution in [0.3, 0.4) is 0 Å². The van der Waals surface area contributed by atoms with E-state index in [1.54, 1.807) is 11.8 Å². The van der Waals surface area contributed by atoms with Gasteiger partial charge in [0.2, 0.25) is 5.91 Å². The summed E-state index contributed by atoms with van der Waals surface area (Å²) in [6, 6.07) is 0. The van der Waals surface area contributed by atoms with Crippen molar-refractivity contribution in [2.75, 3.05) is 30.1 Å². The van der Waals surface area contributed by atoms with Crippen LogP contribution in [0.5, 0.6) is 0 Å². The first-order valence-corrected chi connectivity index (χ1v) is 6.77. The van der Waals surface area contributed by atoms with E-state index < -0.39 is 5.97 Å². The van der Waals surface area contributed by atoms with Gasteiger partial charge in [0.05, 0.1) is 5.75 Å². The van der Waals surface area contributed by atoms with E-state index in [0.29, 0.717) is 18.7 Å². The first kappa shape index (κ1) is 13.6. The van der Waals surface area contributed by atoms with Gasteiger partial charge in [-0.1, -0.05) is 0 Å². The lowest BCUT2D eigenvalue weighted by Crippen LogP contribution is -2.26. The van der Waals surface area contributed by atoms with Crippen LogP contribution in [0.2, 0.25) is 0 Å². The molecule has 0 aliphatic carbocycles. The minimum atomic E-state index is -0.816. The number of carbonyl (C=O) groups excluding carboxylic acids is 1. The largest absolute Gasteiger partial charge is 0.481 e. The van der Waals surface area contributed by atoms with Crippen molar-refractivity contribution in [1.82, 2.24) is 5.32 Å². The molecule has 0 atom stereocenters.